The number of fused-ring (bicyclic) bond motifs is 4. The predicted molar refractivity (Wildman–Crippen MR) is 447 cm³/mol. The van der Waals surface area contributed by atoms with Crippen LogP contribution in [0.3, 0.4) is 0 Å². The van der Waals surface area contributed by atoms with Crippen molar-refractivity contribution < 1.29 is 4.74 Å². The van der Waals surface area contributed by atoms with Crippen LogP contribution in [0.1, 0.15) is 297 Å². The van der Waals surface area contributed by atoms with E-state index in [4.69, 9.17) is 13.5 Å². The molecular weight excluding hydrogens is 1270 g/mol. The van der Waals surface area contributed by atoms with Crippen LogP contribution in [0, 0.1) is 30.6 Å². The molecule has 0 saturated heterocycles. The van der Waals surface area contributed by atoms with Gasteiger partial charge in [-0.2, -0.15) is 8.75 Å². The third-order valence-corrected chi connectivity index (χ3v) is 24.5. The molecule has 13 rings (SSSR count). The van der Waals surface area contributed by atoms with Gasteiger partial charge in [-0.3, -0.25) is 0 Å². The number of nitrogens with zero attached hydrogens (tertiary/aromatic N) is 3. The van der Waals surface area contributed by atoms with Gasteiger partial charge in [-0.1, -0.05) is 341 Å². The molecule has 0 aliphatic heterocycles. The quantitative estimate of drug-likeness (QED) is 0.0166. The number of aryl methyl sites for hydroxylation is 3. The topological polar surface area (TPSA) is 39.9 Å². The summed E-state index contributed by atoms with van der Waals surface area (Å²) in [5.74, 6) is 9.76. The average molecular weight is 1390 g/mol. The van der Waals surface area contributed by atoms with E-state index < -0.39 is 5.41 Å². The van der Waals surface area contributed by atoms with Gasteiger partial charge in [0.25, 0.3) is 0 Å². The van der Waals surface area contributed by atoms with E-state index in [1.54, 1.807) is 0 Å². The molecule has 103 heavy (non-hydrogen) atoms. The van der Waals surface area contributed by atoms with E-state index in [0.29, 0.717) is 11.8 Å². The number of hydrogen-bond donors (Lipinski definition) is 0. The lowest BCUT2D eigenvalue weighted by Gasteiger charge is -2.43. The third-order valence-electron chi connectivity index (χ3n) is 23.9. The zero-order valence-electron chi connectivity index (χ0n) is 64.1. The molecule has 1 aliphatic carbocycles. The Balaban J connectivity index is 1.04. The summed E-state index contributed by atoms with van der Waals surface area (Å²) in [5, 5.41) is 10.8. The number of unbranched alkanes of at least 4 members (excludes halogenated alkanes) is 22. The highest BCUT2D eigenvalue weighted by atomic mass is 32.1. The standard InChI is InChI=1S/C98H119N3OS/c1-8-14-20-26-28-34-40-73(39-32-24-18-12-5)68-101-89-65-77(54-53-76-55-61-82(97-96(76)99-103-100-97)75-51-45-70(7)46-52-75)81-43-36-44-84-85-63-64-87-92-86(67-90(101)95(93(85)92)94(89)91(81)84)83-62-60-80(102-69-74(41-33-25-19-13-6)42-35-29-27-21-15-9-2)66-88(83)98(87,78-56-47-71(48-57-78)37-30-22-16-10-3)79-58-49-72(50-59-79)38-31-23-17-11-4/h36,43-52,55-67,73-74H,8-35,37-42,68-69H2,1-7H3. The van der Waals surface area contributed by atoms with Gasteiger partial charge in [-0.05, 0) is 172 Å². The fourth-order valence-electron chi connectivity index (χ4n) is 18.1. The molecule has 2 atom stereocenters. The second kappa shape index (κ2) is 36.0. The van der Waals surface area contributed by atoms with Gasteiger partial charge < -0.3 is 9.30 Å². The van der Waals surface area contributed by atoms with Crippen LogP contribution < -0.4 is 4.74 Å². The van der Waals surface area contributed by atoms with Gasteiger partial charge in [0.1, 0.15) is 16.8 Å². The van der Waals surface area contributed by atoms with Crippen molar-refractivity contribution in [1.29, 1.82) is 0 Å². The first-order valence-electron chi connectivity index (χ1n) is 41.6. The van der Waals surface area contributed by atoms with Gasteiger partial charge in [0, 0.05) is 39.2 Å². The molecular formula is C98H119N3OS. The maximum atomic E-state index is 7.40. The van der Waals surface area contributed by atoms with E-state index in [2.05, 4.69) is 210 Å². The number of benzene rings is 10. The normalized spacial score (nSPS) is 13.3. The smallest absolute Gasteiger partial charge is 0.121 e. The Kier molecular flexibility index (Phi) is 25.8. The highest BCUT2D eigenvalue weighted by Gasteiger charge is 2.46. The van der Waals surface area contributed by atoms with Gasteiger partial charge in [-0.15, -0.1) is 0 Å². The summed E-state index contributed by atoms with van der Waals surface area (Å²) in [6.45, 7) is 17.9. The average Bonchev–Trinajstić information content (AvgIpc) is 1.64. The fraction of sp³-hybridized carbons (Fsp3) is 0.469. The molecule has 12 aromatic rings. The zero-order valence-corrected chi connectivity index (χ0v) is 64.9. The molecule has 2 heterocycles. The molecule has 0 bridgehead atoms. The molecule has 0 spiro atoms. The minimum atomic E-state index is -0.669. The van der Waals surface area contributed by atoms with Crippen LogP contribution in [-0.4, -0.2) is 19.9 Å². The van der Waals surface area contributed by atoms with Crippen LogP contribution in [0.15, 0.2) is 146 Å². The summed E-state index contributed by atoms with van der Waals surface area (Å²) in [5.41, 5.74) is 20.2. The van der Waals surface area contributed by atoms with Crippen LogP contribution >= 0.6 is 11.7 Å². The van der Waals surface area contributed by atoms with E-state index in [1.165, 1.54) is 321 Å². The second-order valence-corrected chi connectivity index (χ2v) is 32.0. The highest BCUT2D eigenvalue weighted by molar-refractivity contribution is 7.00. The molecule has 4 nitrogen and oxygen atoms in total. The third kappa shape index (κ3) is 16.2. The number of hydrogen-bond acceptors (Lipinski definition) is 4. The van der Waals surface area contributed by atoms with Crippen molar-refractivity contribution in [2.45, 2.75) is 279 Å². The van der Waals surface area contributed by atoms with Crippen molar-refractivity contribution in [2.24, 2.45) is 11.8 Å². The minimum absolute atomic E-state index is 0.534. The first-order valence-corrected chi connectivity index (χ1v) is 42.4. The molecule has 0 saturated carbocycles. The lowest BCUT2D eigenvalue weighted by Crippen LogP contribution is -2.34. The van der Waals surface area contributed by atoms with E-state index in [0.717, 1.165) is 65.0 Å². The van der Waals surface area contributed by atoms with E-state index in [9.17, 15) is 0 Å². The highest BCUT2D eigenvalue weighted by Crippen LogP contribution is 2.60. The maximum absolute atomic E-state index is 7.40. The zero-order chi connectivity index (χ0) is 70.9. The van der Waals surface area contributed by atoms with Crippen LogP contribution in [0.25, 0.3) is 87.4 Å². The Morgan fingerprint density at radius 3 is 1.51 bits per heavy atom. The Morgan fingerprint density at radius 2 is 0.903 bits per heavy atom. The summed E-state index contributed by atoms with van der Waals surface area (Å²) >= 11 is 1.28. The Labute approximate surface area is 623 Å². The minimum Gasteiger partial charge on any atom is -0.493 e. The molecule has 0 N–H and O–H groups in total. The Bertz CT molecular complexity index is 4670. The van der Waals surface area contributed by atoms with Gasteiger partial charge in [-0.25, -0.2) is 0 Å². The number of rotatable bonds is 42. The number of ether oxygens (including phenoxy) is 1. The van der Waals surface area contributed by atoms with Gasteiger partial charge in [0.15, 0.2) is 0 Å². The van der Waals surface area contributed by atoms with Crippen molar-refractivity contribution in [3.05, 3.63) is 196 Å². The van der Waals surface area contributed by atoms with Gasteiger partial charge in [0.2, 0.25) is 0 Å². The molecule has 538 valence electrons. The second-order valence-electron chi connectivity index (χ2n) is 31.5. The molecule has 1 aliphatic rings. The molecule has 0 fully saturated rings. The Morgan fingerprint density at radius 1 is 0.398 bits per heavy atom. The molecule has 0 amide bonds. The van der Waals surface area contributed by atoms with Crippen LogP contribution in [0.5, 0.6) is 5.75 Å². The molecule has 2 unspecified atom stereocenters. The van der Waals surface area contributed by atoms with Crippen molar-refractivity contribution in [2.75, 3.05) is 6.61 Å². The van der Waals surface area contributed by atoms with Crippen molar-refractivity contribution in [1.82, 2.24) is 13.3 Å². The maximum Gasteiger partial charge on any atom is 0.121 e. The summed E-state index contributed by atoms with van der Waals surface area (Å²) in [6.07, 6.45) is 43.3. The van der Waals surface area contributed by atoms with Crippen molar-refractivity contribution in [3.63, 3.8) is 0 Å². The van der Waals surface area contributed by atoms with Crippen LogP contribution in [0.4, 0.5) is 0 Å². The van der Waals surface area contributed by atoms with E-state index in [1.807, 2.05) is 0 Å². The first-order chi connectivity index (χ1) is 50.8. The lowest BCUT2D eigenvalue weighted by atomic mass is 9.59. The molecule has 0 radical (unpaired) electrons. The molecule has 10 aromatic carbocycles. The molecule has 5 heteroatoms. The van der Waals surface area contributed by atoms with Crippen molar-refractivity contribution in [3.8, 4) is 39.8 Å². The van der Waals surface area contributed by atoms with Crippen LogP contribution in [0.2, 0.25) is 0 Å². The monoisotopic (exact) mass is 1390 g/mol. The SMILES string of the molecule is CCCCCCCCC(CCCCCC)COc1ccc2c(c1)C(c1ccc(CCCCCC)cc1)(c1ccc(CCCCCC)cc1)c1ccc3c4cccc5c(C#Cc6ccc(-c7ccc(C)cc7)c7nsnc67)cc6c(c54)c4c3c1c-2cc4n6CC(CCCCCC)CCCCCCCC. The summed E-state index contributed by atoms with van der Waals surface area (Å²) in [6, 6.07) is 58.2. The predicted octanol–water partition coefficient (Wildman–Crippen LogP) is 29.2. The van der Waals surface area contributed by atoms with Crippen molar-refractivity contribution >= 4 is 76.9 Å². The summed E-state index contributed by atoms with van der Waals surface area (Å²) in [7, 11) is 0. The lowest BCUT2D eigenvalue weighted by molar-refractivity contribution is 0.224. The van der Waals surface area contributed by atoms with Gasteiger partial charge >= 0.3 is 0 Å². The van der Waals surface area contributed by atoms with E-state index in [-0.39, 0.29) is 0 Å². The van der Waals surface area contributed by atoms with Gasteiger partial charge in [0.05, 0.1) is 40.3 Å². The fourth-order valence-corrected chi connectivity index (χ4v) is 18.7. The summed E-state index contributed by atoms with van der Waals surface area (Å²) < 4.78 is 20.1. The largest absolute Gasteiger partial charge is 0.493 e. The Hall–Kier alpha value is -7.52. The number of aromatic nitrogens is 3. The summed E-state index contributed by atoms with van der Waals surface area (Å²) in [4.78, 5) is 0. The molecule has 2 aromatic heterocycles. The van der Waals surface area contributed by atoms with E-state index >= 15 is 0 Å². The first kappa shape index (κ1) is 73.8. The van der Waals surface area contributed by atoms with Crippen LogP contribution in [-0.2, 0) is 24.8 Å².